The highest BCUT2D eigenvalue weighted by molar-refractivity contribution is 7.89. The van der Waals surface area contributed by atoms with Crippen molar-refractivity contribution in [2.24, 2.45) is 5.92 Å². The second-order valence-corrected chi connectivity index (χ2v) is 8.86. The van der Waals surface area contributed by atoms with Gasteiger partial charge in [-0.3, -0.25) is 9.59 Å². The molecule has 2 amide bonds. The number of halogens is 3. The zero-order valence-corrected chi connectivity index (χ0v) is 16.3. The first-order chi connectivity index (χ1) is 12.9. The number of sulfonamides is 1. The maximum absolute atomic E-state index is 12.5. The van der Waals surface area contributed by atoms with Gasteiger partial charge in [0.1, 0.15) is 6.54 Å². The molecule has 1 aliphatic heterocycles. The smallest absolute Gasteiger partial charge is 0.347 e. The Morgan fingerprint density at radius 2 is 1.68 bits per heavy atom. The van der Waals surface area contributed by atoms with Crippen LogP contribution in [0.25, 0.3) is 0 Å². The van der Waals surface area contributed by atoms with Gasteiger partial charge in [0.2, 0.25) is 15.9 Å². The van der Waals surface area contributed by atoms with Gasteiger partial charge >= 0.3 is 6.18 Å². The van der Waals surface area contributed by atoms with Gasteiger partial charge < -0.3 is 10.2 Å². The summed E-state index contributed by atoms with van der Waals surface area (Å²) >= 11 is 0. The largest absolute Gasteiger partial charge is 0.405 e. The highest BCUT2D eigenvalue weighted by atomic mass is 32.2. The fourth-order valence-electron chi connectivity index (χ4n) is 2.84. The van der Waals surface area contributed by atoms with Crippen molar-refractivity contribution in [2.75, 3.05) is 33.7 Å². The van der Waals surface area contributed by atoms with E-state index in [1.165, 1.54) is 43.3 Å². The molecule has 0 aromatic heterocycles. The van der Waals surface area contributed by atoms with E-state index in [-0.39, 0.29) is 36.7 Å². The van der Waals surface area contributed by atoms with E-state index in [1.54, 1.807) is 0 Å². The fraction of sp³-hybridized carbons (Fsp3) is 0.529. The second kappa shape index (κ2) is 8.48. The van der Waals surface area contributed by atoms with Crippen LogP contribution < -0.4 is 5.32 Å². The van der Waals surface area contributed by atoms with E-state index >= 15 is 0 Å². The van der Waals surface area contributed by atoms with Gasteiger partial charge in [-0.25, -0.2) is 12.7 Å². The Hall–Kier alpha value is -2.14. The molecule has 1 heterocycles. The van der Waals surface area contributed by atoms with Crippen molar-refractivity contribution in [3.05, 3.63) is 29.8 Å². The third-order valence-corrected chi connectivity index (χ3v) is 6.33. The van der Waals surface area contributed by atoms with E-state index in [0.29, 0.717) is 5.56 Å². The molecule has 0 saturated carbocycles. The van der Waals surface area contributed by atoms with Crippen molar-refractivity contribution in [3.8, 4) is 0 Å². The number of nitrogens with zero attached hydrogens (tertiary/aromatic N) is 2. The van der Waals surface area contributed by atoms with Gasteiger partial charge in [-0.05, 0) is 37.1 Å². The average Bonchev–Trinajstić information content (AvgIpc) is 2.65. The predicted molar refractivity (Wildman–Crippen MR) is 95.0 cm³/mol. The Labute approximate surface area is 161 Å². The molecule has 0 spiro atoms. The van der Waals surface area contributed by atoms with E-state index in [9.17, 15) is 31.2 Å². The maximum atomic E-state index is 12.5. The minimum Gasteiger partial charge on any atom is -0.347 e. The standard InChI is InChI=1S/C17H22F3N3O4S/c1-22(2)28(26,27)14-5-3-13(4-6-14)16(25)23-9-7-12(8-10-23)15(24)21-11-17(18,19)20/h3-6,12H,7-11H2,1-2H3,(H,21,24). The Balaban J connectivity index is 1.94. The van der Waals surface area contributed by atoms with Crippen LogP contribution in [0.5, 0.6) is 0 Å². The summed E-state index contributed by atoms with van der Waals surface area (Å²) < 4.78 is 61.7. The summed E-state index contributed by atoms with van der Waals surface area (Å²) in [6.45, 7) is -0.894. The number of benzene rings is 1. The van der Waals surface area contributed by atoms with Gasteiger partial charge in [-0.1, -0.05) is 0 Å². The molecule has 1 aromatic carbocycles. The molecule has 0 unspecified atom stereocenters. The first-order valence-electron chi connectivity index (χ1n) is 8.58. The van der Waals surface area contributed by atoms with Gasteiger partial charge in [-0.2, -0.15) is 13.2 Å². The lowest BCUT2D eigenvalue weighted by Gasteiger charge is -2.31. The summed E-state index contributed by atoms with van der Waals surface area (Å²) in [4.78, 5) is 25.9. The van der Waals surface area contributed by atoms with Crippen molar-refractivity contribution < 1.29 is 31.2 Å². The quantitative estimate of drug-likeness (QED) is 0.780. The lowest BCUT2D eigenvalue weighted by atomic mass is 9.95. The summed E-state index contributed by atoms with van der Waals surface area (Å²) in [7, 11) is -0.781. The van der Waals surface area contributed by atoms with Crippen LogP contribution in [0.1, 0.15) is 23.2 Å². The van der Waals surface area contributed by atoms with Crippen molar-refractivity contribution >= 4 is 21.8 Å². The predicted octanol–water partition coefficient (Wildman–Crippen LogP) is 1.47. The van der Waals surface area contributed by atoms with Crippen LogP contribution >= 0.6 is 0 Å². The summed E-state index contributed by atoms with van der Waals surface area (Å²) in [5.41, 5.74) is 0.303. The molecule has 1 fully saturated rings. The first-order valence-corrected chi connectivity index (χ1v) is 10.0. The van der Waals surface area contributed by atoms with Crippen molar-refractivity contribution in [1.29, 1.82) is 0 Å². The van der Waals surface area contributed by atoms with Gasteiger partial charge in [-0.15, -0.1) is 0 Å². The number of hydrogen-bond donors (Lipinski definition) is 1. The molecule has 156 valence electrons. The highest BCUT2D eigenvalue weighted by Crippen LogP contribution is 2.21. The minimum absolute atomic E-state index is 0.0640. The molecule has 11 heteroatoms. The van der Waals surface area contributed by atoms with E-state index in [0.717, 1.165) is 4.31 Å². The number of hydrogen-bond acceptors (Lipinski definition) is 4. The van der Waals surface area contributed by atoms with E-state index < -0.39 is 34.6 Å². The molecule has 0 bridgehead atoms. The molecule has 1 aliphatic rings. The molecule has 0 atom stereocenters. The molecule has 0 radical (unpaired) electrons. The van der Waals surface area contributed by atoms with Crippen molar-refractivity contribution in [2.45, 2.75) is 23.9 Å². The fourth-order valence-corrected chi connectivity index (χ4v) is 3.74. The average molecular weight is 421 g/mol. The Morgan fingerprint density at radius 3 is 2.14 bits per heavy atom. The molecule has 7 nitrogen and oxygen atoms in total. The molecule has 2 rings (SSSR count). The number of piperidine rings is 1. The molecule has 28 heavy (non-hydrogen) atoms. The first kappa shape index (κ1) is 22.2. The molecule has 1 N–H and O–H groups in total. The van der Waals surface area contributed by atoms with Gasteiger partial charge in [0, 0.05) is 38.7 Å². The number of amides is 2. The van der Waals surface area contributed by atoms with Crippen LogP contribution in [0, 0.1) is 5.92 Å². The maximum Gasteiger partial charge on any atom is 0.405 e. The molecule has 1 saturated heterocycles. The SMILES string of the molecule is CN(C)S(=O)(=O)c1ccc(C(=O)N2CCC(C(=O)NCC(F)(F)F)CC2)cc1. The number of carbonyl (C=O) groups is 2. The van der Waals surface area contributed by atoms with Crippen molar-refractivity contribution in [1.82, 2.24) is 14.5 Å². The zero-order valence-electron chi connectivity index (χ0n) is 15.5. The van der Waals surface area contributed by atoms with Gasteiger partial charge in [0.05, 0.1) is 4.90 Å². The summed E-state index contributed by atoms with van der Waals surface area (Å²) in [5.74, 6) is -1.55. The second-order valence-electron chi connectivity index (χ2n) is 6.71. The number of carbonyl (C=O) groups excluding carboxylic acids is 2. The monoisotopic (exact) mass is 421 g/mol. The lowest BCUT2D eigenvalue weighted by Crippen LogP contribution is -2.44. The van der Waals surface area contributed by atoms with Gasteiger partial charge in [0.15, 0.2) is 0 Å². The Kier molecular flexibility index (Phi) is 6.71. The Morgan fingerprint density at radius 1 is 1.14 bits per heavy atom. The number of likely N-dealkylation sites (tertiary alicyclic amines) is 1. The molecule has 0 aliphatic carbocycles. The van der Waals surface area contributed by atoms with Crippen molar-refractivity contribution in [3.63, 3.8) is 0 Å². The lowest BCUT2D eigenvalue weighted by molar-refractivity contribution is -0.141. The highest BCUT2D eigenvalue weighted by Gasteiger charge is 2.32. The van der Waals surface area contributed by atoms with Crippen LogP contribution in [0.4, 0.5) is 13.2 Å². The minimum atomic E-state index is -4.46. The Bertz CT molecular complexity index is 815. The van der Waals surface area contributed by atoms with Gasteiger partial charge in [0.25, 0.3) is 5.91 Å². The zero-order chi connectivity index (χ0) is 21.1. The molecule has 1 aromatic rings. The summed E-state index contributed by atoms with van der Waals surface area (Å²) in [5, 5.41) is 1.87. The van der Waals surface area contributed by atoms with Crippen LogP contribution in [-0.4, -0.2) is 69.3 Å². The molecular weight excluding hydrogens is 399 g/mol. The third-order valence-electron chi connectivity index (χ3n) is 4.50. The van der Waals surface area contributed by atoms with Crippen LogP contribution in [0.2, 0.25) is 0 Å². The van der Waals surface area contributed by atoms with Crippen LogP contribution in [-0.2, 0) is 14.8 Å². The summed E-state index contributed by atoms with van der Waals surface area (Å²) in [6, 6.07) is 5.53. The summed E-state index contributed by atoms with van der Waals surface area (Å²) in [6.07, 6.45) is -3.93. The normalized spacial score (nSPS) is 16.3. The number of nitrogens with one attached hydrogen (secondary N) is 1. The number of rotatable bonds is 5. The van der Waals surface area contributed by atoms with E-state index in [2.05, 4.69) is 0 Å². The molecular formula is C17H22F3N3O4S. The topological polar surface area (TPSA) is 86.8 Å². The van der Waals surface area contributed by atoms with Crippen LogP contribution in [0.15, 0.2) is 29.2 Å². The van der Waals surface area contributed by atoms with E-state index in [1.807, 2.05) is 5.32 Å². The van der Waals surface area contributed by atoms with Crippen LogP contribution in [0.3, 0.4) is 0 Å². The van der Waals surface area contributed by atoms with E-state index in [4.69, 9.17) is 0 Å². The number of alkyl halides is 3. The third kappa shape index (κ3) is 5.44.